The summed E-state index contributed by atoms with van der Waals surface area (Å²) in [6.45, 7) is 4.32. The zero-order valence-electron chi connectivity index (χ0n) is 17.4. The first kappa shape index (κ1) is 23.2. The van der Waals surface area contributed by atoms with E-state index in [0.29, 0.717) is 18.6 Å². The Kier molecular flexibility index (Phi) is 8.04. The van der Waals surface area contributed by atoms with Crippen LogP contribution in [0.1, 0.15) is 33.1 Å². The maximum atomic E-state index is 12.8. The molecule has 0 spiro atoms. The molecule has 1 aromatic rings. The summed E-state index contributed by atoms with van der Waals surface area (Å²) in [5, 5.41) is 2.79. The van der Waals surface area contributed by atoms with Crippen molar-refractivity contribution in [1.82, 2.24) is 9.62 Å². The van der Waals surface area contributed by atoms with E-state index in [2.05, 4.69) is 5.32 Å². The van der Waals surface area contributed by atoms with Gasteiger partial charge in [0.1, 0.15) is 11.8 Å². The van der Waals surface area contributed by atoms with Gasteiger partial charge in [0.2, 0.25) is 15.9 Å². The first-order valence-corrected chi connectivity index (χ1v) is 11.2. The van der Waals surface area contributed by atoms with Gasteiger partial charge in [-0.3, -0.25) is 4.79 Å². The molecule has 9 heteroatoms. The first-order chi connectivity index (χ1) is 13.7. The molecule has 1 aliphatic rings. The SMILES string of the molecule is CCC(C)C(NC(=O)C1CCN(S(=O)(=O)c2ccc(OC)cc2)CC1)C(=O)OC. The number of nitrogens with one attached hydrogen (secondary N) is 1. The van der Waals surface area contributed by atoms with Gasteiger partial charge in [-0.15, -0.1) is 0 Å². The maximum Gasteiger partial charge on any atom is 0.328 e. The van der Waals surface area contributed by atoms with E-state index in [1.807, 2.05) is 13.8 Å². The largest absolute Gasteiger partial charge is 0.497 e. The Morgan fingerprint density at radius 3 is 2.24 bits per heavy atom. The number of hydrogen-bond acceptors (Lipinski definition) is 6. The summed E-state index contributed by atoms with van der Waals surface area (Å²) in [6.07, 6.45) is 1.52. The number of methoxy groups -OCH3 is 2. The number of amides is 1. The van der Waals surface area contributed by atoms with Gasteiger partial charge in [-0.1, -0.05) is 20.3 Å². The monoisotopic (exact) mass is 426 g/mol. The number of rotatable bonds is 8. The van der Waals surface area contributed by atoms with Crippen LogP contribution in [0.25, 0.3) is 0 Å². The second-order valence-corrected chi connectivity index (χ2v) is 9.19. The molecule has 1 fully saturated rings. The van der Waals surface area contributed by atoms with Crippen molar-refractivity contribution in [2.24, 2.45) is 11.8 Å². The fraction of sp³-hybridized carbons (Fsp3) is 0.600. The van der Waals surface area contributed by atoms with E-state index in [9.17, 15) is 18.0 Å². The summed E-state index contributed by atoms with van der Waals surface area (Å²) in [6, 6.07) is 5.54. The van der Waals surface area contributed by atoms with Crippen LogP contribution in [0, 0.1) is 11.8 Å². The molecular formula is C20H30N2O6S. The number of nitrogens with zero attached hydrogens (tertiary/aromatic N) is 1. The Morgan fingerprint density at radius 2 is 1.76 bits per heavy atom. The summed E-state index contributed by atoms with van der Waals surface area (Å²) < 4.78 is 36.9. The zero-order valence-corrected chi connectivity index (χ0v) is 18.2. The van der Waals surface area contributed by atoms with Gasteiger partial charge in [0.25, 0.3) is 0 Å². The number of ether oxygens (including phenoxy) is 2. The van der Waals surface area contributed by atoms with Crippen molar-refractivity contribution in [2.45, 2.75) is 44.0 Å². The first-order valence-electron chi connectivity index (χ1n) is 9.77. The van der Waals surface area contributed by atoms with Gasteiger partial charge in [-0.05, 0) is 43.0 Å². The summed E-state index contributed by atoms with van der Waals surface area (Å²) in [5.74, 6) is -0.509. The maximum absolute atomic E-state index is 12.8. The molecule has 1 saturated heterocycles. The number of carbonyl (C=O) groups is 2. The van der Waals surface area contributed by atoms with Crippen molar-refractivity contribution in [3.05, 3.63) is 24.3 Å². The summed E-state index contributed by atoms with van der Waals surface area (Å²) in [4.78, 5) is 24.8. The number of benzene rings is 1. The highest BCUT2D eigenvalue weighted by atomic mass is 32.2. The fourth-order valence-electron chi connectivity index (χ4n) is 3.32. The minimum atomic E-state index is -3.62. The van der Waals surface area contributed by atoms with Crippen LogP contribution in [0.4, 0.5) is 0 Å². The molecule has 0 aliphatic carbocycles. The Hall–Kier alpha value is -2.13. The summed E-state index contributed by atoms with van der Waals surface area (Å²) in [5.41, 5.74) is 0. The molecule has 1 amide bonds. The molecular weight excluding hydrogens is 396 g/mol. The van der Waals surface area contributed by atoms with Crippen LogP contribution >= 0.6 is 0 Å². The highest BCUT2D eigenvalue weighted by molar-refractivity contribution is 7.89. The lowest BCUT2D eigenvalue weighted by atomic mass is 9.94. The number of piperidine rings is 1. The minimum Gasteiger partial charge on any atom is -0.497 e. The van der Waals surface area contributed by atoms with Crippen molar-refractivity contribution >= 4 is 21.9 Å². The quantitative estimate of drug-likeness (QED) is 0.636. The van der Waals surface area contributed by atoms with Gasteiger partial charge < -0.3 is 14.8 Å². The highest BCUT2D eigenvalue weighted by Gasteiger charge is 2.34. The Bertz CT molecular complexity index is 801. The third kappa shape index (κ3) is 5.48. The minimum absolute atomic E-state index is 0.0538. The third-order valence-electron chi connectivity index (χ3n) is 5.49. The van der Waals surface area contributed by atoms with Gasteiger partial charge in [-0.2, -0.15) is 4.31 Å². The van der Waals surface area contributed by atoms with Crippen molar-refractivity contribution in [2.75, 3.05) is 27.3 Å². The van der Waals surface area contributed by atoms with Crippen molar-refractivity contribution in [1.29, 1.82) is 0 Å². The number of sulfonamides is 1. The molecule has 1 aliphatic heterocycles. The number of carbonyl (C=O) groups excluding carboxylic acids is 2. The Morgan fingerprint density at radius 1 is 1.17 bits per heavy atom. The fourth-order valence-corrected chi connectivity index (χ4v) is 4.79. The predicted octanol–water partition coefficient (Wildman–Crippen LogP) is 1.80. The van der Waals surface area contributed by atoms with E-state index in [-0.39, 0.29) is 35.7 Å². The zero-order chi connectivity index (χ0) is 21.6. The Balaban J connectivity index is 1.99. The molecule has 1 aromatic carbocycles. The van der Waals surface area contributed by atoms with E-state index >= 15 is 0 Å². The smallest absolute Gasteiger partial charge is 0.328 e. The molecule has 0 aromatic heterocycles. The summed E-state index contributed by atoms with van der Waals surface area (Å²) >= 11 is 0. The van der Waals surface area contributed by atoms with E-state index in [0.717, 1.165) is 6.42 Å². The van der Waals surface area contributed by atoms with E-state index in [1.165, 1.54) is 30.7 Å². The molecule has 0 saturated carbocycles. The van der Waals surface area contributed by atoms with Crippen LogP contribution in [0.5, 0.6) is 5.75 Å². The predicted molar refractivity (Wildman–Crippen MR) is 108 cm³/mol. The highest BCUT2D eigenvalue weighted by Crippen LogP contribution is 2.25. The van der Waals surface area contributed by atoms with E-state index in [1.54, 1.807) is 12.1 Å². The molecule has 2 atom stereocenters. The Labute approximate surface area is 172 Å². The van der Waals surface area contributed by atoms with Crippen LogP contribution in [0.3, 0.4) is 0 Å². The molecule has 1 N–H and O–H groups in total. The van der Waals surface area contributed by atoms with Crippen LogP contribution in [-0.4, -0.2) is 58.0 Å². The van der Waals surface area contributed by atoms with Crippen LogP contribution < -0.4 is 10.1 Å². The van der Waals surface area contributed by atoms with Crippen molar-refractivity contribution < 1.29 is 27.5 Å². The lowest BCUT2D eigenvalue weighted by Crippen LogP contribution is -2.50. The van der Waals surface area contributed by atoms with Gasteiger partial charge in [0, 0.05) is 19.0 Å². The van der Waals surface area contributed by atoms with Crippen molar-refractivity contribution in [3.8, 4) is 5.75 Å². The van der Waals surface area contributed by atoms with Gasteiger partial charge >= 0.3 is 5.97 Å². The van der Waals surface area contributed by atoms with E-state index < -0.39 is 22.0 Å². The second-order valence-electron chi connectivity index (χ2n) is 7.25. The summed E-state index contributed by atoms with van der Waals surface area (Å²) in [7, 11) is -0.805. The van der Waals surface area contributed by atoms with Gasteiger partial charge in [-0.25, -0.2) is 13.2 Å². The second kappa shape index (κ2) is 10.1. The molecule has 29 heavy (non-hydrogen) atoms. The van der Waals surface area contributed by atoms with E-state index in [4.69, 9.17) is 9.47 Å². The molecule has 0 radical (unpaired) electrons. The molecule has 0 bridgehead atoms. The number of hydrogen-bond donors (Lipinski definition) is 1. The van der Waals surface area contributed by atoms with Crippen molar-refractivity contribution in [3.63, 3.8) is 0 Å². The average molecular weight is 427 g/mol. The van der Waals surface area contributed by atoms with Gasteiger partial charge in [0.15, 0.2) is 0 Å². The third-order valence-corrected chi connectivity index (χ3v) is 7.40. The molecule has 2 rings (SSSR count). The number of esters is 1. The topological polar surface area (TPSA) is 102 Å². The molecule has 1 heterocycles. The molecule has 8 nitrogen and oxygen atoms in total. The standard InChI is InChI=1S/C20H30N2O6S/c1-5-14(2)18(20(24)28-4)21-19(23)15-10-12-22(13-11-15)29(25,26)17-8-6-16(27-3)7-9-17/h6-9,14-15,18H,5,10-13H2,1-4H3,(H,21,23). The molecule has 162 valence electrons. The van der Waals surface area contributed by atoms with Crippen LogP contribution in [0.15, 0.2) is 29.2 Å². The average Bonchev–Trinajstić information content (AvgIpc) is 2.76. The molecule has 2 unspecified atom stereocenters. The lowest BCUT2D eigenvalue weighted by molar-refractivity contribution is -0.147. The van der Waals surface area contributed by atoms with Crippen LogP contribution in [-0.2, 0) is 24.3 Å². The van der Waals surface area contributed by atoms with Crippen LogP contribution in [0.2, 0.25) is 0 Å². The van der Waals surface area contributed by atoms with Gasteiger partial charge in [0.05, 0.1) is 19.1 Å². The lowest BCUT2D eigenvalue weighted by Gasteiger charge is -2.32. The normalized spacial score (nSPS) is 17.9.